The molecule has 6 heteroatoms. The average molecular weight is 373 g/mol. The monoisotopic (exact) mass is 373 g/mol. The van der Waals surface area contributed by atoms with Crippen LogP contribution in [0.2, 0.25) is 0 Å². The molecule has 2 aromatic heterocycles. The lowest BCUT2D eigenvalue weighted by atomic mass is 9.92. The Morgan fingerprint density at radius 1 is 1.07 bits per heavy atom. The van der Waals surface area contributed by atoms with Gasteiger partial charge in [0.15, 0.2) is 0 Å². The van der Waals surface area contributed by atoms with Gasteiger partial charge in [-0.3, -0.25) is 10.1 Å². The van der Waals surface area contributed by atoms with E-state index in [1.807, 2.05) is 83.4 Å². The summed E-state index contributed by atoms with van der Waals surface area (Å²) in [6.45, 7) is -0.219. The van der Waals surface area contributed by atoms with Crippen molar-refractivity contribution < 1.29 is 9.66 Å². The molecule has 0 saturated carbocycles. The van der Waals surface area contributed by atoms with Crippen LogP contribution in [0.25, 0.3) is 16.9 Å². The van der Waals surface area contributed by atoms with Crippen molar-refractivity contribution in [3.8, 4) is 17.0 Å². The molecule has 140 valence electrons. The molecule has 0 radical (unpaired) electrons. The first-order valence-electron chi connectivity index (χ1n) is 8.95. The second-order valence-corrected chi connectivity index (χ2v) is 6.49. The molecule has 0 bridgehead atoms. The fourth-order valence-electron chi connectivity index (χ4n) is 3.51. The minimum Gasteiger partial charge on any atom is -0.497 e. The topological polar surface area (TPSA) is 69.7 Å². The van der Waals surface area contributed by atoms with Gasteiger partial charge in [0.2, 0.25) is 6.54 Å². The van der Waals surface area contributed by atoms with E-state index < -0.39 is 5.92 Å². The number of rotatable bonds is 6. The van der Waals surface area contributed by atoms with Gasteiger partial charge in [-0.15, -0.1) is 0 Å². The number of fused-ring (bicyclic) bond motifs is 1. The number of hydrogen-bond donors (Lipinski definition) is 0. The molecule has 4 aromatic rings. The van der Waals surface area contributed by atoms with Gasteiger partial charge in [-0.05, 0) is 29.8 Å². The molecule has 0 fully saturated rings. The van der Waals surface area contributed by atoms with Crippen LogP contribution in [-0.4, -0.2) is 28.0 Å². The van der Waals surface area contributed by atoms with Crippen molar-refractivity contribution in [2.24, 2.45) is 0 Å². The van der Waals surface area contributed by atoms with Crippen LogP contribution < -0.4 is 4.74 Å². The van der Waals surface area contributed by atoms with Crippen molar-refractivity contribution in [1.29, 1.82) is 0 Å². The standard InChI is InChI=1S/C22H19N3O3/c1-28-18-11-7-10-17(14-18)21-22(24-13-6-5-12-20(24)23-21)19(15-25(26)27)16-8-3-2-4-9-16/h2-14,19H,15H2,1H3. The van der Waals surface area contributed by atoms with E-state index in [2.05, 4.69) is 0 Å². The Balaban J connectivity index is 1.99. The van der Waals surface area contributed by atoms with Crippen molar-refractivity contribution >= 4 is 5.65 Å². The Bertz CT molecular complexity index is 1120. The molecule has 0 amide bonds. The van der Waals surface area contributed by atoms with E-state index in [9.17, 15) is 10.1 Å². The van der Waals surface area contributed by atoms with Crippen LogP contribution in [0, 0.1) is 10.1 Å². The molecular weight excluding hydrogens is 354 g/mol. The highest BCUT2D eigenvalue weighted by Gasteiger charge is 2.28. The predicted octanol–water partition coefficient (Wildman–Crippen LogP) is 4.42. The van der Waals surface area contributed by atoms with Crippen molar-refractivity contribution in [3.63, 3.8) is 0 Å². The van der Waals surface area contributed by atoms with Gasteiger partial charge in [-0.2, -0.15) is 0 Å². The third kappa shape index (κ3) is 3.32. The summed E-state index contributed by atoms with van der Waals surface area (Å²) >= 11 is 0. The maximum atomic E-state index is 11.5. The number of imidazole rings is 1. The zero-order valence-electron chi connectivity index (χ0n) is 15.4. The molecule has 6 nitrogen and oxygen atoms in total. The molecule has 0 aliphatic heterocycles. The number of nitro groups is 1. The van der Waals surface area contributed by atoms with Gasteiger partial charge in [0.25, 0.3) is 0 Å². The number of nitrogens with zero attached hydrogens (tertiary/aromatic N) is 3. The minimum atomic E-state index is -0.435. The zero-order chi connectivity index (χ0) is 19.5. The van der Waals surface area contributed by atoms with Gasteiger partial charge >= 0.3 is 0 Å². The molecular formula is C22H19N3O3. The SMILES string of the molecule is COc1cccc(-c2nc3ccccn3c2C(C[N+](=O)[O-])c2ccccc2)c1. The maximum Gasteiger partial charge on any atom is 0.216 e. The first kappa shape index (κ1) is 17.7. The van der Waals surface area contributed by atoms with Crippen molar-refractivity contribution in [2.45, 2.75) is 5.92 Å². The van der Waals surface area contributed by atoms with E-state index >= 15 is 0 Å². The Morgan fingerprint density at radius 3 is 2.61 bits per heavy atom. The van der Waals surface area contributed by atoms with Crippen LogP contribution in [0.3, 0.4) is 0 Å². The second-order valence-electron chi connectivity index (χ2n) is 6.49. The molecule has 0 aliphatic carbocycles. The van der Waals surface area contributed by atoms with E-state index in [1.54, 1.807) is 7.11 Å². The normalized spacial score (nSPS) is 12.0. The zero-order valence-corrected chi connectivity index (χ0v) is 15.4. The lowest BCUT2D eigenvalue weighted by Gasteiger charge is -2.16. The minimum absolute atomic E-state index is 0.219. The lowest BCUT2D eigenvalue weighted by Crippen LogP contribution is -2.16. The van der Waals surface area contributed by atoms with Gasteiger partial charge in [0.05, 0.1) is 24.4 Å². The summed E-state index contributed by atoms with van der Waals surface area (Å²) in [4.78, 5) is 16.0. The molecule has 0 saturated heterocycles. The Kier molecular flexibility index (Phi) is 4.76. The molecule has 28 heavy (non-hydrogen) atoms. The van der Waals surface area contributed by atoms with Crippen molar-refractivity contribution in [2.75, 3.05) is 13.7 Å². The quantitative estimate of drug-likeness (QED) is 0.371. The molecule has 4 rings (SSSR count). The molecule has 0 N–H and O–H groups in total. The molecule has 2 aromatic carbocycles. The Morgan fingerprint density at radius 2 is 1.86 bits per heavy atom. The average Bonchev–Trinajstić information content (AvgIpc) is 3.12. The van der Waals surface area contributed by atoms with Gasteiger partial charge < -0.3 is 9.14 Å². The number of methoxy groups -OCH3 is 1. The number of benzene rings is 2. The Hall–Kier alpha value is -3.67. The van der Waals surface area contributed by atoms with Gasteiger partial charge in [-0.25, -0.2) is 4.98 Å². The summed E-state index contributed by atoms with van der Waals surface area (Å²) in [6, 6.07) is 22.9. The third-order valence-electron chi connectivity index (χ3n) is 4.77. The summed E-state index contributed by atoms with van der Waals surface area (Å²) in [6.07, 6.45) is 1.90. The van der Waals surface area contributed by atoms with Crippen LogP contribution in [0.15, 0.2) is 79.0 Å². The fraction of sp³-hybridized carbons (Fsp3) is 0.136. The lowest BCUT2D eigenvalue weighted by molar-refractivity contribution is -0.482. The van der Waals surface area contributed by atoms with Gasteiger partial charge in [-0.1, -0.05) is 48.5 Å². The molecule has 2 heterocycles. The highest BCUT2D eigenvalue weighted by molar-refractivity contribution is 5.69. The first-order valence-corrected chi connectivity index (χ1v) is 8.95. The van der Waals surface area contributed by atoms with Crippen LogP contribution >= 0.6 is 0 Å². The smallest absolute Gasteiger partial charge is 0.216 e. The van der Waals surface area contributed by atoms with E-state index in [0.717, 1.165) is 28.2 Å². The summed E-state index contributed by atoms with van der Waals surface area (Å²) in [7, 11) is 1.61. The molecule has 1 atom stereocenters. The number of ether oxygens (including phenoxy) is 1. The van der Waals surface area contributed by atoms with Crippen molar-refractivity contribution in [3.05, 3.63) is 100 Å². The highest BCUT2D eigenvalue weighted by Crippen LogP contribution is 2.35. The van der Waals surface area contributed by atoms with Crippen LogP contribution in [0.1, 0.15) is 17.2 Å². The van der Waals surface area contributed by atoms with E-state index in [-0.39, 0.29) is 11.5 Å². The van der Waals surface area contributed by atoms with Gasteiger partial charge in [0, 0.05) is 16.7 Å². The number of pyridine rings is 1. The summed E-state index contributed by atoms with van der Waals surface area (Å²) in [5.74, 6) is 0.279. The van der Waals surface area contributed by atoms with Crippen molar-refractivity contribution in [1.82, 2.24) is 9.38 Å². The summed E-state index contributed by atoms with van der Waals surface area (Å²) in [5.41, 5.74) is 4.02. The highest BCUT2D eigenvalue weighted by atomic mass is 16.6. The maximum absolute atomic E-state index is 11.5. The molecule has 0 spiro atoms. The predicted molar refractivity (Wildman–Crippen MR) is 107 cm³/mol. The summed E-state index contributed by atoms with van der Waals surface area (Å²) in [5, 5.41) is 11.5. The van der Waals surface area contributed by atoms with Crippen LogP contribution in [0.5, 0.6) is 5.75 Å². The molecule has 1 unspecified atom stereocenters. The van der Waals surface area contributed by atoms with E-state index in [0.29, 0.717) is 5.75 Å². The van der Waals surface area contributed by atoms with Crippen LogP contribution in [0.4, 0.5) is 0 Å². The number of aromatic nitrogens is 2. The van der Waals surface area contributed by atoms with Gasteiger partial charge in [0.1, 0.15) is 11.4 Å². The largest absolute Gasteiger partial charge is 0.497 e. The van der Waals surface area contributed by atoms with Crippen LogP contribution in [-0.2, 0) is 0 Å². The Labute approximate surface area is 162 Å². The second kappa shape index (κ2) is 7.52. The summed E-state index contributed by atoms with van der Waals surface area (Å²) < 4.78 is 7.30. The fourth-order valence-corrected chi connectivity index (χ4v) is 3.51. The third-order valence-corrected chi connectivity index (χ3v) is 4.77. The molecule has 0 aliphatic rings. The van der Waals surface area contributed by atoms with E-state index in [1.165, 1.54) is 0 Å². The van der Waals surface area contributed by atoms with E-state index in [4.69, 9.17) is 9.72 Å². The first-order chi connectivity index (χ1) is 13.7. The number of hydrogen-bond acceptors (Lipinski definition) is 4.